The van der Waals surface area contributed by atoms with Crippen LogP contribution in [0.3, 0.4) is 0 Å². The number of nitrogens with one attached hydrogen (secondary N) is 1. The summed E-state index contributed by atoms with van der Waals surface area (Å²) >= 11 is 1.56. The van der Waals surface area contributed by atoms with Crippen LogP contribution in [0.1, 0.15) is 16.3 Å². The molecule has 0 bridgehead atoms. The first-order chi connectivity index (χ1) is 9.20. The number of rotatable bonds is 6. The second-order valence-corrected chi connectivity index (χ2v) is 4.86. The molecule has 0 aromatic carbocycles. The average Bonchev–Trinajstić information content (AvgIpc) is 3.02. The zero-order chi connectivity index (χ0) is 13.7. The van der Waals surface area contributed by atoms with Gasteiger partial charge in [-0.05, 0) is 12.1 Å². The van der Waals surface area contributed by atoms with Gasteiger partial charge < -0.3 is 20.0 Å². The normalized spacial score (nSPS) is 9.62. The van der Waals surface area contributed by atoms with Crippen molar-refractivity contribution in [3.05, 3.63) is 36.0 Å². The Kier molecular flexibility index (Phi) is 9.19. The van der Waals surface area contributed by atoms with Crippen LogP contribution in [0.4, 0.5) is 0 Å². The highest BCUT2D eigenvalue weighted by Gasteiger charge is 2.11. The van der Waals surface area contributed by atoms with Gasteiger partial charge in [-0.25, -0.2) is 4.98 Å². The van der Waals surface area contributed by atoms with E-state index in [0.29, 0.717) is 24.6 Å². The average molecular weight is 353 g/mol. The van der Waals surface area contributed by atoms with Crippen LogP contribution in [-0.2, 0) is 12.8 Å². The Labute approximate surface area is 139 Å². The summed E-state index contributed by atoms with van der Waals surface area (Å²) in [7, 11) is 1.93. The number of carbonyl (C=O) groups is 1. The molecule has 0 aliphatic carbocycles. The smallest absolute Gasteiger partial charge is 0.287 e. The minimum atomic E-state index is -0.237. The molecule has 0 radical (unpaired) electrons. The summed E-state index contributed by atoms with van der Waals surface area (Å²) in [5.41, 5.74) is 5.32. The van der Waals surface area contributed by atoms with E-state index in [1.807, 2.05) is 17.8 Å². The largest absolute Gasteiger partial charge is 0.455 e. The topological polar surface area (TPSA) is 86.1 Å². The van der Waals surface area contributed by atoms with E-state index in [1.54, 1.807) is 30.1 Å². The highest BCUT2D eigenvalue weighted by Crippen LogP contribution is 2.21. The van der Waals surface area contributed by atoms with E-state index >= 15 is 0 Å². The summed E-state index contributed by atoms with van der Waals surface area (Å²) in [5, 5.41) is 3.57. The van der Waals surface area contributed by atoms with E-state index in [4.69, 9.17) is 10.2 Å². The lowest BCUT2D eigenvalue weighted by molar-refractivity contribution is 0.0925. The highest BCUT2D eigenvalue weighted by molar-refractivity contribution is 7.98. The van der Waals surface area contributed by atoms with E-state index in [-0.39, 0.29) is 30.7 Å². The number of halogens is 2. The third-order valence-electron chi connectivity index (χ3n) is 2.44. The molecule has 118 valence electrons. The SMILES string of the molecule is Cl.Cl.Cn1ccnc1SCc1ccc(C(=O)NCCN)o1. The standard InChI is InChI=1S/C12H16N4O2S.2ClH/c1-16-7-6-15-12(16)19-8-9-2-3-10(18-9)11(17)14-5-4-13;;/h2-3,6-7H,4-5,8,13H2,1H3,(H,14,17);2*1H. The maximum Gasteiger partial charge on any atom is 0.287 e. The zero-order valence-electron chi connectivity index (χ0n) is 11.4. The van der Waals surface area contributed by atoms with E-state index in [9.17, 15) is 4.79 Å². The van der Waals surface area contributed by atoms with Crippen molar-refractivity contribution in [1.29, 1.82) is 0 Å². The molecule has 1 amide bonds. The summed E-state index contributed by atoms with van der Waals surface area (Å²) in [6.07, 6.45) is 3.63. The summed E-state index contributed by atoms with van der Waals surface area (Å²) in [4.78, 5) is 15.8. The lowest BCUT2D eigenvalue weighted by Gasteiger charge is -2.00. The number of carbonyl (C=O) groups excluding carboxylic acids is 1. The van der Waals surface area contributed by atoms with Crippen LogP contribution >= 0.6 is 36.6 Å². The molecular weight excluding hydrogens is 335 g/mol. The third-order valence-corrected chi connectivity index (χ3v) is 3.52. The van der Waals surface area contributed by atoms with Gasteiger partial charge in [0.15, 0.2) is 10.9 Å². The van der Waals surface area contributed by atoms with Crippen LogP contribution in [0.25, 0.3) is 0 Å². The molecule has 21 heavy (non-hydrogen) atoms. The molecular formula is C12H18Cl2N4O2S. The number of aryl methyl sites for hydroxylation is 1. The summed E-state index contributed by atoms with van der Waals surface area (Å²) in [6.45, 7) is 0.852. The molecule has 0 aliphatic rings. The maximum absolute atomic E-state index is 11.6. The quantitative estimate of drug-likeness (QED) is 0.774. The summed E-state index contributed by atoms with van der Waals surface area (Å²) in [5.74, 6) is 1.45. The number of amides is 1. The van der Waals surface area contributed by atoms with Gasteiger partial charge in [0.25, 0.3) is 5.91 Å². The van der Waals surface area contributed by atoms with Crippen molar-refractivity contribution in [2.45, 2.75) is 10.9 Å². The summed E-state index contributed by atoms with van der Waals surface area (Å²) in [6, 6.07) is 3.47. The number of thioether (sulfide) groups is 1. The highest BCUT2D eigenvalue weighted by atomic mass is 35.5. The van der Waals surface area contributed by atoms with Gasteiger partial charge in [0.1, 0.15) is 5.76 Å². The maximum atomic E-state index is 11.6. The van der Waals surface area contributed by atoms with E-state index in [2.05, 4.69) is 10.3 Å². The van der Waals surface area contributed by atoms with Crippen LogP contribution in [-0.4, -0.2) is 28.5 Å². The molecule has 2 rings (SSSR count). The third kappa shape index (κ3) is 5.62. The molecule has 3 N–H and O–H groups in total. The van der Waals surface area contributed by atoms with Crippen LogP contribution in [0.5, 0.6) is 0 Å². The fourth-order valence-corrected chi connectivity index (χ4v) is 2.30. The molecule has 0 atom stereocenters. The van der Waals surface area contributed by atoms with Crippen molar-refractivity contribution >= 4 is 42.5 Å². The second kappa shape index (κ2) is 9.73. The Morgan fingerprint density at radius 2 is 2.24 bits per heavy atom. The molecule has 0 fully saturated rings. The Morgan fingerprint density at radius 3 is 2.86 bits per heavy atom. The zero-order valence-corrected chi connectivity index (χ0v) is 13.9. The number of hydrogen-bond acceptors (Lipinski definition) is 5. The van der Waals surface area contributed by atoms with Gasteiger partial charge in [0.2, 0.25) is 0 Å². The first-order valence-corrected chi connectivity index (χ1v) is 6.86. The van der Waals surface area contributed by atoms with Crippen LogP contribution < -0.4 is 11.1 Å². The molecule has 0 aliphatic heterocycles. The Hall–Kier alpha value is -1.15. The van der Waals surface area contributed by atoms with Gasteiger partial charge in [0, 0.05) is 32.5 Å². The van der Waals surface area contributed by atoms with Crippen LogP contribution in [0, 0.1) is 0 Å². The molecule has 2 aromatic heterocycles. The second-order valence-electron chi connectivity index (χ2n) is 3.92. The minimum Gasteiger partial charge on any atom is -0.455 e. The van der Waals surface area contributed by atoms with Crippen molar-refractivity contribution in [3.63, 3.8) is 0 Å². The van der Waals surface area contributed by atoms with E-state index < -0.39 is 0 Å². The lowest BCUT2D eigenvalue weighted by Crippen LogP contribution is -2.28. The Balaban J connectivity index is 0.00000200. The van der Waals surface area contributed by atoms with Gasteiger partial charge in [-0.1, -0.05) is 11.8 Å². The molecule has 2 aromatic rings. The fourth-order valence-electron chi connectivity index (χ4n) is 1.48. The number of nitrogens with two attached hydrogens (primary N) is 1. The van der Waals surface area contributed by atoms with Crippen molar-refractivity contribution in [3.8, 4) is 0 Å². The first-order valence-electron chi connectivity index (χ1n) is 5.88. The predicted molar refractivity (Wildman–Crippen MR) is 87.4 cm³/mol. The molecule has 0 saturated heterocycles. The molecule has 0 unspecified atom stereocenters. The molecule has 9 heteroatoms. The van der Waals surface area contributed by atoms with Gasteiger partial charge in [-0.15, -0.1) is 24.8 Å². The van der Waals surface area contributed by atoms with Gasteiger partial charge in [-0.3, -0.25) is 4.79 Å². The molecule has 2 heterocycles. The van der Waals surface area contributed by atoms with Crippen molar-refractivity contribution < 1.29 is 9.21 Å². The molecule has 0 spiro atoms. The van der Waals surface area contributed by atoms with Gasteiger partial charge in [-0.2, -0.15) is 0 Å². The number of hydrogen-bond donors (Lipinski definition) is 2. The van der Waals surface area contributed by atoms with Crippen molar-refractivity contribution in [2.75, 3.05) is 13.1 Å². The van der Waals surface area contributed by atoms with Crippen LogP contribution in [0.15, 0.2) is 34.1 Å². The Bertz CT molecular complexity index is 559. The predicted octanol–water partition coefficient (Wildman–Crippen LogP) is 1.84. The summed E-state index contributed by atoms with van der Waals surface area (Å²) < 4.78 is 7.40. The van der Waals surface area contributed by atoms with E-state index in [0.717, 1.165) is 10.9 Å². The van der Waals surface area contributed by atoms with Crippen LogP contribution in [0.2, 0.25) is 0 Å². The number of imidazole rings is 1. The number of aromatic nitrogens is 2. The number of furan rings is 1. The van der Waals surface area contributed by atoms with Gasteiger partial charge in [0.05, 0.1) is 5.75 Å². The number of nitrogens with zero attached hydrogens (tertiary/aromatic N) is 2. The molecule has 0 saturated carbocycles. The van der Waals surface area contributed by atoms with E-state index in [1.165, 1.54) is 0 Å². The fraction of sp³-hybridized carbons (Fsp3) is 0.333. The van der Waals surface area contributed by atoms with Gasteiger partial charge >= 0.3 is 0 Å². The monoisotopic (exact) mass is 352 g/mol. The lowest BCUT2D eigenvalue weighted by atomic mass is 10.4. The minimum absolute atomic E-state index is 0. The van der Waals surface area contributed by atoms with Crippen molar-refractivity contribution in [1.82, 2.24) is 14.9 Å². The first kappa shape index (κ1) is 19.9. The molecule has 6 nitrogen and oxygen atoms in total. The Morgan fingerprint density at radius 1 is 1.48 bits per heavy atom. The van der Waals surface area contributed by atoms with Crippen molar-refractivity contribution in [2.24, 2.45) is 12.8 Å².